The summed E-state index contributed by atoms with van der Waals surface area (Å²) in [6.07, 6.45) is 7.75. The van der Waals surface area contributed by atoms with Crippen molar-refractivity contribution in [1.82, 2.24) is 25.3 Å². The Balaban J connectivity index is 1.50. The molecule has 0 bridgehead atoms. The number of halogens is 2. The average Bonchev–Trinajstić information content (AvgIpc) is 3.31. The smallest absolute Gasteiger partial charge is 0.276 e. The Kier molecular flexibility index (Phi) is 5.47. The van der Waals surface area contributed by atoms with Crippen molar-refractivity contribution in [2.45, 2.75) is 51.1 Å². The van der Waals surface area contributed by atoms with Crippen molar-refractivity contribution in [1.29, 1.82) is 0 Å². The van der Waals surface area contributed by atoms with Crippen molar-refractivity contribution >= 4 is 11.2 Å². The normalized spacial score (nSPS) is 16.1. The summed E-state index contributed by atoms with van der Waals surface area (Å²) < 4.78 is 27.1. The number of hydrogen-bond donors (Lipinski definition) is 3. The summed E-state index contributed by atoms with van der Waals surface area (Å²) in [4.78, 5) is 26.0. The van der Waals surface area contributed by atoms with Gasteiger partial charge in [0.1, 0.15) is 17.5 Å². The number of hydrogen-bond acceptors (Lipinski definition) is 4. The minimum absolute atomic E-state index is 0.0622. The molecule has 6 nitrogen and oxygen atoms in total. The van der Waals surface area contributed by atoms with Gasteiger partial charge < -0.3 is 15.3 Å². The predicted molar refractivity (Wildman–Crippen MR) is 102 cm³/mol. The molecule has 1 fully saturated rings. The molecule has 1 aromatic carbocycles. The first-order chi connectivity index (χ1) is 13.6. The molecule has 0 saturated heterocycles. The Bertz CT molecular complexity index is 1010. The van der Waals surface area contributed by atoms with Crippen LogP contribution in [0.4, 0.5) is 8.78 Å². The number of nitrogens with one attached hydrogen (secondary N) is 3. The van der Waals surface area contributed by atoms with Crippen LogP contribution >= 0.6 is 0 Å². The quantitative estimate of drug-likeness (QED) is 0.581. The lowest BCUT2D eigenvalue weighted by molar-refractivity contribution is 0.377. The fourth-order valence-corrected chi connectivity index (χ4v) is 4.02. The van der Waals surface area contributed by atoms with Gasteiger partial charge in [-0.1, -0.05) is 31.7 Å². The molecule has 0 radical (unpaired) electrons. The largest absolute Gasteiger partial charge is 0.336 e. The highest BCUT2D eigenvalue weighted by Gasteiger charge is 2.22. The van der Waals surface area contributed by atoms with Crippen LogP contribution in [0.2, 0.25) is 0 Å². The van der Waals surface area contributed by atoms with E-state index in [4.69, 9.17) is 0 Å². The number of aromatic nitrogens is 4. The molecule has 1 saturated carbocycles. The third-order valence-corrected chi connectivity index (χ3v) is 5.47. The van der Waals surface area contributed by atoms with Gasteiger partial charge in [0.15, 0.2) is 11.2 Å². The van der Waals surface area contributed by atoms with E-state index in [0.717, 1.165) is 12.5 Å². The third-order valence-electron chi connectivity index (χ3n) is 5.47. The van der Waals surface area contributed by atoms with Gasteiger partial charge in [-0.15, -0.1) is 0 Å². The predicted octanol–water partition coefficient (Wildman–Crippen LogP) is 3.21. The molecule has 4 rings (SSSR count). The Morgan fingerprint density at radius 2 is 2.07 bits per heavy atom. The molecule has 1 aliphatic rings. The number of fused-ring (bicyclic) bond motifs is 1. The highest BCUT2D eigenvalue weighted by Crippen LogP contribution is 2.29. The van der Waals surface area contributed by atoms with Crippen molar-refractivity contribution in [2.75, 3.05) is 0 Å². The van der Waals surface area contributed by atoms with E-state index in [1.54, 1.807) is 0 Å². The first-order valence-electron chi connectivity index (χ1n) is 9.68. The zero-order valence-corrected chi connectivity index (χ0v) is 15.5. The van der Waals surface area contributed by atoms with E-state index in [0.29, 0.717) is 41.4 Å². The second-order valence-corrected chi connectivity index (χ2v) is 7.52. The molecule has 1 atom stereocenters. The van der Waals surface area contributed by atoms with Gasteiger partial charge in [0.2, 0.25) is 0 Å². The number of imidazole rings is 1. The van der Waals surface area contributed by atoms with Gasteiger partial charge in [-0.2, -0.15) is 0 Å². The lowest BCUT2D eigenvalue weighted by atomic mass is 9.96. The molecule has 3 aromatic rings. The molecular formula is C20H23F2N5O. The number of H-pyrrole nitrogens is 2. The van der Waals surface area contributed by atoms with Gasteiger partial charge in [-0.05, 0) is 18.4 Å². The lowest BCUT2D eigenvalue weighted by Gasteiger charge is -2.21. The summed E-state index contributed by atoms with van der Waals surface area (Å²) in [5, 5.41) is 3.40. The first-order valence-corrected chi connectivity index (χ1v) is 9.68. The molecule has 0 aliphatic heterocycles. The van der Waals surface area contributed by atoms with Crippen LogP contribution in [0.3, 0.4) is 0 Å². The Morgan fingerprint density at radius 3 is 2.82 bits per heavy atom. The van der Waals surface area contributed by atoms with Gasteiger partial charge in [0.25, 0.3) is 5.56 Å². The van der Waals surface area contributed by atoms with Gasteiger partial charge in [0, 0.05) is 30.6 Å². The van der Waals surface area contributed by atoms with Crippen molar-refractivity contribution in [3.05, 3.63) is 57.9 Å². The van der Waals surface area contributed by atoms with Crippen LogP contribution in [0.25, 0.3) is 11.2 Å². The topological polar surface area (TPSA) is 86.5 Å². The number of nitrogens with zero attached hydrogens (tertiary/aromatic N) is 2. The van der Waals surface area contributed by atoms with E-state index in [-0.39, 0.29) is 11.6 Å². The van der Waals surface area contributed by atoms with E-state index >= 15 is 0 Å². The molecule has 3 N–H and O–H groups in total. The van der Waals surface area contributed by atoms with Crippen molar-refractivity contribution in [3.63, 3.8) is 0 Å². The maximum atomic E-state index is 14.0. The first kappa shape index (κ1) is 18.7. The lowest BCUT2D eigenvalue weighted by Crippen LogP contribution is -2.33. The number of aromatic amines is 2. The van der Waals surface area contributed by atoms with Crippen LogP contribution in [0, 0.1) is 17.6 Å². The van der Waals surface area contributed by atoms with Gasteiger partial charge in [-0.3, -0.25) is 4.79 Å². The van der Waals surface area contributed by atoms with E-state index < -0.39 is 11.6 Å². The van der Waals surface area contributed by atoms with Crippen LogP contribution in [-0.4, -0.2) is 26.0 Å². The Labute approximate surface area is 160 Å². The highest BCUT2D eigenvalue weighted by atomic mass is 19.1. The second-order valence-electron chi connectivity index (χ2n) is 7.52. The minimum atomic E-state index is -0.580. The van der Waals surface area contributed by atoms with Crippen molar-refractivity contribution in [2.24, 2.45) is 5.92 Å². The van der Waals surface area contributed by atoms with Crippen LogP contribution in [-0.2, 0) is 13.0 Å². The molecule has 2 heterocycles. The zero-order chi connectivity index (χ0) is 19.5. The third kappa shape index (κ3) is 4.27. The fraction of sp³-hybridized carbons (Fsp3) is 0.450. The standard InChI is InChI=1S/C20H23F2N5O/c21-14-6-5-13(16(22)8-14)10-23-15(7-12-3-1-2-4-12)9-17-26-18-19(27-17)24-11-25-20(18)28/h5-6,8,11-12,15,23H,1-4,7,9-10H2,(H2,24,25,26,27,28). The second kappa shape index (κ2) is 8.18. The van der Waals surface area contributed by atoms with Gasteiger partial charge in [0.05, 0.1) is 6.33 Å². The van der Waals surface area contributed by atoms with Gasteiger partial charge >= 0.3 is 0 Å². The maximum Gasteiger partial charge on any atom is 0.276 e. The van der Waals surface area contributed by atoms with E-state index in [1.165, 1.54) is 44.1 Å². The van der Waals surface area contributed by atoms with Crippen LogP contribution in [0.5, 0.6) is 0 Å². The summed E-state index contributed by atoms with van der Waals surface area (Å²) in [7, 11) is 0. The maximum absolute atomic E-state index is 14.0. The SMILES string of the molecule is O=c1[nH]cnc2nc(CC(CC3CCCC3)NCc3ccc(F)cc3F)[nH]c12. The summed E-state index contributed by atoms with van der Waals surface area (Å²) in [5.41, 5.74) is 0.933. The summed E-state index contributed by atoms with van der Waals surface area (Å²) >= 11 is 0. The molecule has 0 spiro atoms. The monoisotopic (exact) mass is 387 g/mol. The van der Waals surface area contributed by atoms with E-state index in [9.17, 15) is 13.6 Å². The Morgan fingerprint density at radius 1 is 1.25 bits per heavy atom. The minimum Gasteiger partial charge on any atom is -0.336 e. The zero-order valence-electron chi connectivity index (χ0n) is 15.5. The van der Waals surface area contributed by atoms with E-state index in [1.807, 2.05) is 0 Å². The molecule has 148 valence electrons. The molecule has 1 unspecified atom stereocenters. The van der Waals surface area contributed by atoms with Crippen molar-refractivity contribution < 1.29 is 8.78 Å². The molecule has 2 aromatic heterocycles. The summed E-state index contributed by atoms with van der Waals surface area (Å²) in [6.45, 7) is 0.308. The molecule has 28 heavy (non-hydrogen) atoms. The number of benzene rings is 1. The Hall–Kier alpha value is -2.61. The van der Waals surface area contributed by atoms with Crippen LogP contribution < -0.4 is 10.9 Å². The number of rotatable bonds is 7. The molecule has 0 amide bonds. The molecule has 8 heteroatoms. The van der Waals surface area contributed by atoms with Gasteiger partial charge in [-0.25, -0.2) is 18.7 Å². The molecular weight excluding hydrogens is 364 g/mol. The van der Waals surface area contributed by atoms with E-state index in [2.05, 4.69) is 25.3 Å². The van der Waals surface area contributed by atoms with Crippen molar-refractivity contribution in [3.8, 4) is 0 Å². The summed E-state index contributed by atoms with van der Waals surface area (Å²) in [5.74, 6) is 0.172. The average molecular weight is 387 g/mol. The van der Waals surface area contributed by atoms with Crippen LogP contribution in [0.1, 0.15) is 43.5 Å². The summed E-state index contributed by atoms with van der Waals surface area (Å²) in [6, 6.07) is 3.70. The fourth-order valence-electron chi connectivity index (χ4n) is 4.02. The van der Waals surface area contributed by atoms with Crippen LogP contribution in [0.15, 0.2) is 29.3 Å². The molecule has 1 aliphatic carbocycles. The highest BCUT2D eigenvalue weighted by molar-refractivity contribution is 5.68.